The molecule has 0 atom stereocenters. The van der Waals surface area contributed by atoms with E-state index in [1.54, 1.807) is 18.4 Å². The Balaban J connectivity index is 2.38. The number of amides is 1. The average Bonchev–Trinajstić information content (AvgIpc) is 2.87. The Labute approximate surface area is 119 Å². The summed E-state index contributed by atoms with van der Waals surface area (Å²) in [6.45, 7) is 5.88. The van der Waals surface area contributed by atoms with Gasteiger partial charge in [0.15, 0.2) is 0 Å². The van der Waals surface area contributed by atoms with Crippen LogP contribution < -0.4 is 5.32 Å². The van der Waals surface area contributed by atoms with Crippen molar-refractivity contribution in [3.63, 3.8) is 0 Å². The van der Waals surface area contributed by atoms with E-state index in [2.05, 4.69) is 5.32 Å². The summed E-state index contributed by atoms with van der Waals surface area (Å²) in [5.74, 6) is 0.549. The van der Waals surface area contributed by atoms with Gasteiger partial charge >= 0.3 is 0 Å². The van der Waals surface area contributed by atoms with Crippen molar-refractivity contribution in [3.8, 4) is 0 Å². The summed E-state index contributed by atoms with van der Waals surface area (Å²) in [4.78, 5) is 12.5. The zero-order chi connectivity index (χ0) is 14.6. The molecular formula is C17H19NO2. The molecule has 1 heterocycles. The van der Waals surface area contributed by atoms with Gasteiger partial charge in [0.05, 0.1) is 11.8 Å². The first-order chi connectivity index (χ1) is 9.46. The van der Waals surface area contributed by atoms with Crippen molar-refractivity contribution in [1.29, 1.82) is 0 Å². The maximum Gasteiger partial charge on any atom is 0.252 e. The number of hydrogen-bond donors (Lipinski definition) is 1. The summed E-state index contributed by atoms with van der Waals surface area (Å²) < 4.78 is 5.31. The van der Waals surface area contributed by atoms with Gasteiger partial charge in [0, 0.05) is 5.54 Å². The summed E-state index contributed by atoms with van der Waals surface area (Å²) in [5.41, 5.74) is 1.18. The van der Waals surface area contributed by atoms with Crippen molar-refractivity contribution in [2.75, 3.05) is 0 Å². The number of rotatable bonds is 3. The Hall–Kier alpha value is -2.29. The molecule has 0 radical (unpaired) electrons. The standard InChI is InChI=1S/C17H19NO2/c1-17(2,3)18-16(19)15(12-14-10-7-11-20-14)13-8-5-4-6-9-13/h4-12H,1-3H3,(H,18,19)/b15-12-. The van der Waals surface area contributed by atoms with Gasteiger partial charge in [-0.15, -0.1) is 0 Å². The van der Waals surface area contributed by atoms with Gasteiger partial charge in [-0.25, -0.2) is 0 Å². The lowest BCUT2D eigenvalue weighted by atomic mass is 10.0. The third kappa shape index (κ3) is 3.85. The van der Waals surface area contributed by atoms with Crippen molar-refractivity contribution in [3.05, 3.63) is 60.1 Å². The van der Waals surface area contributed by atoms with Gasteiger partial charge in [-0.3, -0.25) is 4.79 Å². The number of hydrogen-bond acceptors (Lipinski definition) is 2. The Kier molecular flexibility index (Phi) is 4.08. The molecule has 1 N–H and O–H groups in total. The number of benzene rings is 1. The summed E-state index contributed by atoms with van der Waals surface area (Å²) in [7, 11) is 0. The number of carbonyl (C=O) groups excluding carboxylic acids is 1. The molecule has 0 fully saturated rings. The van der Waals surface area contributed by atoms with Gasteiger partial charge in [0.2, 0.25) is 0 Å². The van der Waals surface area contributed by atoms with Crippen LogP contribution in [0.25, 0.3) is 11.6 Å². The third-order valence-corrected chi connectivity index (χ3v) is 2.65. The molecule has 0 saturated heterocycles. The summed E-state index contributed by atoms with van der Waals surface area (Å²) in [5, 5.41) is 2.98. The fourth-order valence-corrected chi connectivity index (χ4v) is 1.82. The largest absolute Gasteiger partial charge is 0.465 e. The van der Waals surface area contributed by atoms with E-state index in [0.29, 0.717) is 11.3 Å². The maximum atomic E-state index is 12.5. The fraction of sp³-hybridized carbons (Fsp3) is 0.235. The number of nitrogens with one attached hydrogen (secondary N) is 1. The SMILES string of the molecule is CC(C)(C)NC(=O)/C(=C\c1ccco1)c1ccccc1. The quantitative estimate of drug-likeness (QED) is 0.863. The molecule has 3 nitrogen and oxygen atoms in total. The van der Waals surface area contributed by atoms with Crippen LogP contribution >= 0.6 is 0 Å². The first-order valence-corrected chi connectivity index (χ1v) is 6.59. The molecule has 1 amide bonds. The maximum absolute atomic E-state index is 12.5. The smallest absolute Gasteiger partial charge is 0.252 e. The molecule has 1 aromatic heterocycles. The highest BCUT2D eigenvalue weighted by Crippen LogP contribution is 2.19. The van der Waals surface area contributed by atoms with Crippen LogP contribution in [0.4, 0.5) is 0 Å². The molecule has 104 valence electrons. The van der Waals surface area contributed by atoms with Crippen molar-refractivity contribution in [2.45, 2.75) is 26.3 Å². The van der Waals surface area contributed by atoms with Gasteiger partial charge in [-0.1, -0.05) is 30.3 Å². The average molecular weight is 269 g/mol. The van der Waals surface area contributed by atoms with Crippen molar-refractivity contribution in [1.82, 2.24) is 5.32 Å². The Bertz CT molecular complexity index is 590. The highest BCUT2D eigenvalue weighted by molar-refractivity contribution is 6.24. The van der Waals surface area contributed by atoms with Crippen LogP contribution in [-0.2, 0) is 4.79 Å². The van der Waals surface area contributed by atoms with Gasteiger partial charge in [-0.2, -0.15) is 0 Å². The second kappa shape index (κ2) is 5.78. The van der Waals surface area contributed by atoms with E-state index < -0.39 is 0 Å². The zero-order valence-electron chi connectivity index (χ0n) is 12.0. The minimum atomic E-state index is -0.284. The molecule has 3 heteroatoms. The Morgan fingerprint density at radius 3 is 2.35 bits per heavy atom. The lowest BCUT2D eigenvalue weighted by Gasteiger charge is -2.21. The number of furan rings is 1. The molecule has 0 spiro atoms. The van der Waals surface area contributed by atoms with Gasteiger partial charge in [0.25, 0.3) is 5.91 Å². The number of carbonyl (C=O) groups is 1. The third-order valence-electron chi connectivity index (χ3n) is 2.65. The molecule has 20 heavy (non-hydrogen) atoms. The summed E-state index contributed by atoms with van der Waals surface area (Å²) in [6.07, 6.45) is 3.35. The molecule has 0 aliphatic rings. The van der Waals surface area contributed by atoms with Crippen molar-refractivity contribution >= 4 is 17.6 Å². The van der Waals surface area contributed by atoms with Crippen LogP contribution in [0.1, 0.15) is 32.1 Å². The van der Waals surface area contributed by atoms with E-state index in [-0.39, 0.29) is 11.4 Å². The van der Waals surface area contributed by atoms with Crippen LogP contribution in [-0.4, -0.2) is 11.4 Å². The van der Waals surface area contributed by atoms with Crippen LogP contribution in [0, 0.1) is 0 Å². The molecule has 0 aliphatic heterocycles. The highest BCUT2D eigenvalue weighted by atomic mass is 16.3. The second-order valence-corrected chi connectivity index (χ2v) is 5.64. The zero-order valence-corrected chi connectivity index (χ0v) is 12.0. The lowest BCUT2D eigenvalue weighted by molar-refractivity contribution is -0.116. The van der Waals surface area contributed by atoms with Gasteiger partial charge in [0.1, 0.15) is 5.76 Å². The molecule has 1 aromatic carbocycles. The summed E-state index contributed by atoms with van der Waals surface area (Å²) >= 11 is 0. The predicted molar refractivity (Wildman–Crippen MR) is 80.9 cm³/mol. The van der Waals surface area contributed by atoms with E-state index in [4.69, 9.17) is 4.42 Å². The monoisotopic (exact) mass is 269 g/mol. The van der Waals surface area contributed by atoms with E-state index in [0.717, 1.165) is 5.56 Å². The van der Waals surface area contributed by atoms with Gasteiger partial charge < -0.3 is 9.73 Å². The minimum Gasteiger partial charge on any atom is -0.465 e. The predicted octanol–water partition coefficient (Wildman–Crippen LogP) is 3.73. The molecule has 2 rings (SSSR count). The minimum absolute atomic E-state index is 0.111. The lowest BCUT2D eigenvalue weighted by Crippen LogP contribution is -2.40. The molecule has 0 aliphatic carbocycles. The van der Waals surface area contributed by atoms with Crippen LogP contribution in [0.3, 0.4) is 0 Å². The van der Waals surface area contributed by atoms with Crippen molar-refractivity contribution in [2.24, 2.45) is 0 Å². The topological polar surface area (TPSA) is 42.2 Å². The Morgan fingerprint density at radius 1 is 1.10 bits per heavy atom. The van der Waals surface area contributed by atoms with E-state index >= 15 is 0 Å². The van der Waals surface area contributed by atoms with E-state index in [1.165, 1.54) is 0 Å². The van der Waals surface area contributed by atoms with Crippen LogP contribution in [0.15, 0.2) is 53.1 Å². The first kappa shape index (κ1) is 14.1. The summed E-state index contributed by atoms with van der Waals surface area (Å²) in [6, 6.07) is 13.2. The van der Waals surface area contributed by atoms with Crippen LogP contribution in [0.5, 0.6) is 0 Å². The molecule has 0 unspecified atom stereocenters. The van der Waals surface area contributed by atoms with Crippen molar-refractivity contribution < 1.29 is 9.21 Å². The molecule has 0 bridgehead atoms. The molecular weight excluding hydrogens is 250 g/mol. The highest BCUT2D eigenvalue weighted by Gasteiger charge is 2.18. The molecule has 2 aromatic rings. The van der Waals surface area contributed by atoms with Crippen LogP contribution in [0.2, 0.25) is 0 Å². The molecule has 0 saturated carbocycles. The fourth-order valence-electron chi connectivity index (χ4n) is 1.82. The normalized spacial score (nSPS) is 12.2. The van der Waals surface area contributed by atoms with E-state index in [1.807, 2.05) is 57.2 Å². The Morgan fingerprint density at radius 2 is 1.80 bits per heavy atom. The van der Waals surface area contributed by atoms with Gasteiger partial charge in [-0.05, 0) is 44.5 Å². The second-order valence-electron chi connectivity index (χ2n) is 5.64. The first-order valence-electron chi connectivity index (χ1n) is 6.59. The van der Waals surface area contributed by atoms with E-state index in [9.17, 15) is 4.79 Å².